The Labute approximate surface area is 133 Å². The summed E-state index contributed by atoms with van der Waals surface area (Å²) < 4.78 is 2.26. The van der Waals surface area contributed by atoms with Crippen LogP contribution in [0.3, 0.4) is 0 Å². The maximum atomic E-state index is 3.99. The van der Waals surface area contributed by atoms with Gasteiger partial charge in [0.1, 0.15) is 0 Å². The van der Waals surface area contributed by atoms with Gasteiger partial charge in [-0.3, -0.25) is 0 Å². The monoisotopic (exact) mass is 289 g/mol. The Balaban J connectivity index is 2.93. The quantitative estimate of drug-likeness (QED) is 0.623. The van der Waals surface area contributed by atoms with E-state index in [-0.39, 0.29) is 0 Å². The molecule has 1 heteroatoms. The van der Waals surface area contributed by atoms with Crippen molar-refractivity contribution in [3.05, 3.63) is 77.7 Å². The van der Waals surface area contributed by atoms with E-state index >= 15 is 0 Å². The summed E-state index contributed by atoms with van der Waals surface area (Å²) >= 11 is 0. The number of benzene rings is 1. The van der Waals surface area contributed by atoms with Gasteiger partial charge >= 0.3 is 0 Å². The lowest BCUT2D eigenvalue weighted by molar-refractivity contribution is 1.04. The maximum absolute atomic E-state index is 3.99. The summed E-state index contributed by atoms with van der Waals surface area (Å²) in [7, 11) is 0. The minimum absolute atomic E-state index is 1.11. The summed E-state index contributed by atoms with van der Waals surface area (Å²) in [5.41, 5.74) is 6.88. The van der Waals surface area contributed by atoms with E-state index in [1.807, 2.05) is 26.0 Å². The molecular weight excluding hydrogens is 266 g/mol. The molecule has 0 bridgehead atoms. The first-order valence-electron chi connectivity index (χ1n) is 7.53. The predicted octanol–water partition coefficient (Wildman–Crippen LogP) is 6.14. The van der Waals surface area contributed by atoms with Gasteiger partial charge in [-0.2, -0.15) is 0 Å². The normalized spacial score (nSPS) is 11.4. The standard InChI is InChI=1S/C21H23N/c1-6-11-20-18(8-3)19(9-4)21(12-7-2)22(20)17-14-10-13-16(5)15-17/h6-15H,3-4H2,1-2,5H3/b11-6-,12-7-. The summed E-state index contributed by atoms with van der Waals surface area (Å²) in [6.07, 6.45) is 12.2. The Kier molecular flexibility index (Phi) is 5.00. The zero-order valence-corrected chi connectivity index (χ0v) is 13.6. The van der Waals surface area contributed by atoms with E-state index in [4.69, 9.17) is 0 Å². The first kappa shape index (κ1) is 15.8. The molecule has 0 N–H and O–H groups in total. The van der Waals surface area contributed by atoms with Crippen LogP contribution >= 0.6 is 0 Å². The number of aromatic nitrogens is 1. The van der Waals surface area contributed by atoms with E-state index in [1.54, 1.807) is 0 Å². The van der Waals surface area contributed by atoms with Crippen molar-refractivity contribution in [1.29, 1.82) is 0 Å². The smallest absolute Gasteiger partial charge is 0.0537 e. The highest BCUT2D eigenvalue weighted by atomic mass is 15.0. The van der Waals surface area contributed by atoms with Crippen molar-refractivity contribution >= 4 is 24.3 Å². The minimum Gasteiger partial charge on any atom is -0.309 e. The summed E-state index contributed by atoms with van der Waals surface area (Å²) in [4.78, 5) is 0. The van der Waals surface area contributed by atoms with Crippen molar-refractivity contribution in [3.63, 3.8) is 0 Å². The third-order valence-corrected chi connectivity index (χ3v) is 3.64. The van der Waals surface area contributed by atoms with Crippen molar-refractivity contribution in [2.24, 2.45) is 0 Å². The van der Waals surface area contributed by atoms with E-state index in [0.717, 1.165) is 28.2 Å². The molecule has 0 amide bonds. The first-order valence-corrected chi connectivity index (χ1v) is 7.53. The summed E-state index contributed by atoms with van der Waals surface area (Å²) in [5, 5.41) is 0. The van der Waals surface area contributed by atoms with Gasteiger partial charge in [0.25, 0.3) is 0 Å². The second-order valence-electron chi connectivity index (χ2n) is 5.18. The van der Waals surface area contributed by atoms with E-state index in [0.29, 0.717) is 0 Å². The second-order valence-corrected chi connectivity index (χ2v) is 5.18. The highest BCUT2D eigenvalue weighted by Gasteiger charge is 2.17. The van der Waals surface area contributed by atoms with Gasteiger partial charge in [-0.05, 0) is 50.6 Å². The molecule has 0 fully saturated rings. The summed E-state index contributed by atoms with van der Waals surface area (Å²) in [6.45, 7) is 14.2. The molecular formula is C21H23N. The topological polar surface area (TPSA) is 4.93 Å². The van der Waals surface area contributed by atoms with Crippen LogP contribution in [0.5, 0.6) is 0 Å². The lowest BCUT2D eigenvalue weighted by atomic mass is 10.1. The van der Waals surface area contributed by atoms with Gasteiger partial charge in [0.2, 0.25) is 0 Å². The zero-order chi connectivity index (χ0) is 16.1. The van der Waals surface area contributed by atoms with Crippen LogP contribution < -0.4 is 0 Å². The highest BCUT2D eigenvalue weighted by molar-refractivity contribution is 5.80. The van der Waals surface area contributed by atoms with Gasteiger partial charge in [0, 0.05) is 16.8 Å². The van der Waals surface area contributed by atoms with Crippen LogP contribution in [0, 0.1) is 6.92 Å². The number of nitrogens with zero attached hydrogens (tertiary/aromatic N) is 1. The lowest BCUT2D eigenvalue weighted by Crippen LogP contribution is -2.00. The van der Waals surface area contributed by atoms with Crippen molar-refractivity contribution in [2.45, 2.75) is 20.8 Å². The predicted molar refractivity (Wildman–Crippen MR) is 100 cm³/mol. The number of allylic oxidation sites excluding steroid dienone is 2. The third kappa shape index (κ3) is 2.75. The van der Waals surface area contributed by atoms with Crippen LogP contribution in [0.1, 0.15) is 41.9 Å². The van der Waals surface area contributed by atoms with Gasteiger partial charge in [0.15, 0.2) is 0 Å². The number of aryl methyl sites for hydroxylation is 1. The van der Waals surface area contributed by atoms with Crippen LogP contribution in [-0.4, -0.2) is 4.57 Å². The third-order valence-electron chi connectivity index (χ3n) is 3.64. The molecule has 0 aliphatic heterocycles. The first-order chi connectivity index (χ1) is 10.7. The molecule has 0 saturated carbocycles. The molecule has 0 unspecified atom stereocenters. The Hall–Kier alpha value is -2.54. The Bertz CT molecular complexity index is 713. The largest absolute Gasteiger partial charge is 0.309 e. The molecule has 0 atom stereocenters. The van der Waals surface area contributed by atoms with E-state index in [2.05, 4.69) is 73.2 Å². The molecule has 0 aliphatic rings. The summed E-state index contributed by atoms with van der Waals surface area (Å²) in [6, 6.07) is 8.53. The maximum Gasteiger partial charge on any atom is 0.0537 e. The van der Waals surface area contributed by atoms with Crippen LogP contribution in [0.2, 0.25) is 0 Å². The summed E-state index contributed by atoms with van der Waals surface area (Å²) in [5.74, 6) is 0. The molecule has 1 aromatic heterocycles. The van der Waals surface area contributed by atoms with Crippen LogP contribution in [0.15, 0.2) is 49.6 Å². The van der Waals surface area contributed by atoms with Gasteiger partial charge in [-0.15, -0.1) is 0 Å². The second kappa shape index (κ2) is 6.95. The highest BCUT2D eigenvalue weighted by Crippen LogP contribution is 2.31. The Morgan fingerprint density at radius 1 is 0.909 bits per heavy atom. The molecule has 0 radical (unpaired) electrons. The van der Waals surface area contributed by atoms with E-state index in [9.17, 15) is 0 Å². The zero-order valence-electron chi connectivity index (χ0n) is 13.6. The molecule has 112 valence electrons. The molecule has 1 nitrogen and oxygen atoms in total. The van der Waals surface area contributed by atoms with Crippen molar-refractivity contribution in [3.8, 4) is 5.69 Å². The fraction of sp³-hybridized carbons (Fsp3) is 0.143. The van der Waals surface area contributed by atoms with Crippen LogP contribution in [0.25, 0.3) is 30.0 Å². The minimum atomic E-state index is 1.11. The fourth-order valence-electron chi connectivity index (χ4n) is 2.77. The van der Waals surface area contributed by atoms with Crippen molar-refractivity contribution < 1.29 is 0 Å². The fourth-order valence-corrected chi connectivity index (χ4v) is 2.77. The van der Waals surface area contributed by atoms with Crippen LogP contribution in [0.4, 0.5) is 0 Å². The SMILES string of the molecule is C=Cc1c(C=C)c(/C=C\C)n(-c2cccc(C)c2)c1/C=C\C. The van der Waals surface area contributed by atoms with Crippen LogP contribution in [-0.2, 0) is 0 Å². The number of hydrogen-bond donors (Lipinski definition) is 0. The lowest BCUT2D eigenvalue weighted by Gasteiger charge is -2.11. The number of rotatable bonds is 5. The molecule has 1 heterocycles. The average molecular weight is 289 g/mol. The Morgan fingerprint density at radius 2 is 1.45 bits per heavy atom. The van der Waals surface area contributed by atoms with Gasteiger partial charge in [-0.25, -0.2) is 0 Å². The van der Waals surface area contributed by atoms with E-state index in [1.165, 1.54) is 5.56 Å². The van der Waals surface area contributed by atoms with Gasteiger partial charge in [-0.1, -0.05) is 49.6 Å². The Morgan fingerprint density at radius 3 is 1.86 bits per heavy atom. The molecule has 1 aromatic carbocycles. The molecule has 0 spiro atoms. The molecule has 2 rings (SSSR count). The number of hydrogen-bond acceptors (Lipinski definition) is 0. The molecule has 0 aliphatic carbocycles. The van der Waals surface area contributed by atoms with E-state index < -0.39 is 0 Å². The van der Waals surface area contributed by atoms with Gasteiger partial charge in [0.05, 0.1) is 11.4 Å². The molecule has 2 aromatic rings. The van der Waals surface area contributed by atoms with Gasteiger partial charge < -0.3 is 4.57 Å². The molecule has 22 heavy (non-hydrogen) atoms. The van der Waals surface area contributed by atoms with Crippen molar-refractivity contribution in [2.75, 3.05) is 0 Å². The average Bonchev–Trinajstić information content (AvgIpc) is 2.80. The molecule has 0 saturated heterocycles. The van der Waals surface area contributed by atoms with Crippen molar-refractivity contribution in [1.82, 2.24) is 4.57 Å².